The molecule has 0 radical (unpaired) electrons. The van der Waals surface area contributed by atoms with Crippen molar-refractivity contribution >= 4 is 15.9 Å². The van der Waals surface area contributed by atoms with E-state index in [1.807, 2.05) is 12.1 Å². The van der Waals surface area contributed by atoms with Crippen molar-refractivity contribution in [1.82, 2.24) is 0 Å². The number of nitrogens with two attached hydrogens (primary N) is 1. The van der Waals surface area contributed by atoms with Gasteiger partial charge in [0.05, 0.1) is 6.61 Å². The summed E-state index contributed by atoms with van der Waals surface area (Å²) >= 11 is 3.49. The van der Waals surface area contributed by atoms with Gasteiger partial charge in [-0.1, -0.05) is 15.9 Å². The maximum Gasteiger partial charge on any atom is 0.124 e. The maximum absolute atomic E-state index is 6.33. The first-order chi connectivity index (χ1) is 8.69. The van der Waals surface area contributed by atoms with Crippen molar-refractivity contribution in [1.29, 1.82) is 0 Å². The molecule has 2 aliphatic heterocycles. The lowest BCUT2D eigenvalue weighted by Gasteiger charge is -2.40. The third-order valence-electron chi connectivity index (χ3n) is 3.91. The lowest BCUT2D eigenvalue weighted by Crippen LogP contribution is -2.43. The SMILES string of the molecule is N[C@H]1CC2(CCCOCC2)Oc2ccc(Br)cc21. The van der Waals surface area contributed by atoms with Crippen LogP contribution in [0.1, 0.15) is 37.3 Å². The summed E-state index contributed by atoms with van der Waals surface area (Å²) in [7, 11) is 0. The van der Waals surface area contributed by atoms with Crippen molar-refractivity contribution in [2.24, 2.45) is 5.73 Å². The molecule has 1 saturated heterocycles. The van der Waals surface area contributed by atoms with Crippen LogP contribution in [0.4, 0.5) is 0 Å². The van der Waals surface area contributed by atoms with Gasteiger partial charge in [0.15, 0.2) is 0 Å². The molecule has 3 rings (SSSR count). The third kappa shape index (κ3) is 2.29. The molecule has 2 N–H and O–H groups in total. The fraction of sp³-hybridized carbons (Fsp3) is 0.571. The Balaban J connectivity index is 1.92. The summed E-state index contributed by atoms with van der Waals surface area (Å²) in [5, 5.41) is 0. The molecule has 4 heteroatoms. The van der Waals surface area contributed by atoms with Crippen molar-refractivity contribution in [3.8, 4) is 5.75 Å². The minimum atomic E-state index is -0.114. The number of rotatable bonds is 0. The molecule has 2 aliphatic rings. The van der Waals surface area contributed by atoms with E-state index in [2.05, 4.69) is 22.0 Å². The zero-order valence-corrected chi connectivity index (χ0v) is 11.9. The fourth-order valence-electron chi connectivity index (χ4n) is 2.98. The first-order valence-electron chi connectivity index (χ1n) is 6.50. The molecule has 2 heterocycles. The van der Waals surface area contributed by atoms with E-state index in [0.29, 0.717) is 0 Å². The highest BCUT2D eigenvalue weighted by atomic mass is 79.9. The Morgan fingerprint density at radius 3 is 3.06 bits per heavy atom. The maximum atomic E-state index is 6.33. The Morgan fingerprint density at radius 1 is 1.28 bits per heavy atom. The molecule has 0 aliphatic carbocycles. The second-order valence-corrected chi connectivity index (χ2v) is 6.16. The summed E-state index contributed by atoms with van der Waals surface area (Å²) in [5.41, 5.74) is 7.33. The van der Waals surface area contributed by atoms with Crippen LogP contribution in [0.15, 0.2) is 22.7 Å². The molecule has 1 aromatic rings. The van der Waals surface area contributed by atoms with Crippen molar-refractivity contribution in [2.45, 2.75) is 37.3 Å². The molecular formula is C14H18BrNO2. The second-order valence-electron chi connectivity index (χ2n) is 5.24. The Hall–Kier alpha value is -0.580. The van der Waals surface area contributed by atoms with Gasteiger partial charge in [-0.15, -0.1) is 0 Å². The average molecular weight is 312 g/mol. The number of hydrogen-bond acceptors (Lipinski definition) is 3. The normalized spacial score (nSPS) is 31.6. The van der Waals surface area contributed by atoms with E-state index in [1.165, 1.54) is 0 Å². The van der Waals surface area contributed by atoms with E-state index < -0.39 is 0 Å². The van der Waals surface area contributed by atoms with E-state index in [4.69, 9.17) is 15.2 Å². The molecule has 1 unspecified atom stereocenters. The highest BCUT2D eigenvalue weighted by Crippen LogP contribution is 2.43. The summed E-state index contributed by atoms with van der Waals surface area (Å²) in [5.74, 6) is 0.943. The third-order valence-corrected chi connectivity index (χ3v) is 4.41. The molecule has 1 fully saturated rings. The zero-order chi connectivity index (χ0) is 12.6. The molecule has 3 nitrogen and oxygen atoms in total. The number of fused-ring (bicyclic) bond motifs is 1. The van der Waals surface area contributed by atoms with E-state index in [1.54, 1.807) is 0 Å². The molecule has 1 aromatic carbocycles. The molecular weight excluding hydrogens is 294 g/mol. The Labute approximate surface area is 116 Å². The Kier molecular flexibility index (Phi) is 3.34. The van der Waals surface area contributed by atoms with Gasteiger partial charge in [0.2, 0.25) is 0 Å². The van der Waals surface area contributed by atoms with Crippen LogP contribution in [0.3, 0.4) is 0 Å². The average Bonchev–Trinajstić information content (AvgIpc) is 2.56. The Morgan fingerprint density at radius 2 is 2.17 bits per heavy atom. The van der Waals surface area contributed by atoms with Crippen LogP contribution < -0.4 is 10.5 Å². The standard InChI is InChI=1S/C14H18BrNO2/c15-10-2-3-13-11(8-10)12(16)9-14(18-13)4-1-6-17-7-5-14/h2-3,8,12H,1,4-7,9,16H2/t12-,14?/m0/s1. The molecule has 0 bridgehead atoms. The van der Waals surface area contributed by atoms with Gasteiger partial charge in [-0.3, -0.25) is 0 Å². The van der Waals surface area contributed by atoms with Crippen LogP contribution in [-0.2, 0) is 4.74 Å². The molecule has 98 valence electrons. The van der Waals surface area contributed by atoms with Gasteiger partial charge in [-0.2, -0.15) is 0 Å². The van der Waals surface area contributed by atoms with Gasteiger partial charge < -0.3 is 15.2 Å². The van der Waals surface area contributed by atoms with Crippen LogP contribution >= 0.6 is 15.9 Å². The molecule has 2 atom stereocenters. The van der Waals surface area contributed by atoms with Crippen molar-refractivity contribution < 1.29 is 9.47 Å². The van der Waals surface area contributed by atoms with Crippen LogP contribution in [0.5, 0.6) is 5.75 Å². The predicted molar refractivity (Wildman–Crippen MR) is 73.7 cm³/mol. The summed E-state index contributed by atoms with van der Waals surface area (Å²) in [6.45, 7) is 1.62. The lowest BCUT2D eigenvalue weighted by molar-refractivity contribution is 0.0155. The highest BCUT2D eigenvalue weighted by Gasteiger charge is 2.40. The van der Waals surface area contributed by atoms with E-state index >= 15 is 0 Å². The first-order valence-corrected chi connectivity index (χ1v) is 7.30. The van der Waals surface area contributed by atoms with Crippen LogP contribution in [0.25, 0.3) is 0 Å². The predicted octanol–water partition coefficient (Wildman–Crippen LogP) is 3.17. The smallest absolute Gasteiger partial charge is 0.124 e. The number of benzene rings is 1. The van der Waals surface area contributed by atoms with E-state index in [-0.39, 0.29) is 11.6 Å². The van der Waals surface area contributed by atoms with Gasteiger partial charge in [0.1, 0.15) is 11.4 Å². The minimum Gasteiger partial charge on any atom is -0.487 e. The number of ether oxygens (including phenoxy) is 2. The highest BCUT2D eigenvalue weighted by molar-refractivity contribution is 9.10. The van der Waals surface area contributed by atoms with Crippen molar-refractivity contribution in [2.75, 3.05) is 13.2 Å². The van der Waals surface area contributed by atoms with Crippen LogP contribution in [0.2, 0.25) is 0 Å². The van der Waals surface area contributed by atoms with E-state index in [9.17, 15) is 0 Å². The van der Waals surface area contributed by atoms with Gasteiger partial charge in [-0.25, -0.2) is 0 Å². The molecule has 1 spiro atoms. The fourth-order valence-corrected chi connectivity index (χ4v) is 3.35. The van der Waals surface area contributed by atoms with Crippen LogP contribution in [0, 0.1) is 0 Å². The van der Waals surface area contributed by atoms with Gasteiger partial charge in [-0.05, 0) is 31.0 Å². The van der Waals surface area contributed by atoms with Crippen LogP contribution in [-0.4, -0.2) is 18.8 Å². The molecule has 18 heavy (non-hydrogen) atoms. The molecule has 0 aromatic heterocycles. The summed E-state index contributed by atoms with van der Waals surface area (Å²) < 4.78 is 12.9. The van der Waals surface area contributed by atoms with Crippen molar-refractivity contribution in [3.05, 3.63) is 28.2 Å². The summed E-state index contributed by atoms with van der Waals surface area (Å²) in [4.78, 5) is 0. The first kappa shape index (κ1) is 12.5. The monoisotopic (exact) mass is 311 g/mol. The minimum absolute atomic E-state index is 0.0596. The quantitative estimate of drug-likeness (QED) is 0.800. The van der Waals surface area contributed by atoms with E-state index in [0.717, 1.165) is 54.7 Å². The largest absolute Gasteiger partial charge is 0.487 e. The topological polar surface area (TPSA) is 44.5 Å². The van der Waals surface area contributed by atoms with Gasteiger partial charge >= 0.3 is 0 Å². The second kappa shape index (κ2) is 4.83. The number of halogens is 1. The zero-order valence-electron chi connectivity index (χ0n) is 10.3. The molecule has 0 saturated carbocycles. The lowest BCUT2D eigenvalue weighted by atomic mass is 9.83. The number of hydrogen-bond donors (Lipinski definition) is 1. The van der Waals surface area contributed by atoms with Gasteiger partial charge in [0.25, 0.3) is 0 Å². The summed E-state index contributed by atoms with van der Waals surface area (Å²) in [6, 6.07) is 6.16. The Bertz CT molecular complexity index is 441. The van der Waals surface area contributed by atoms with Crippen molar-refractivity contribution in [3.63, 3.8) is 0 Å². The summed E-state index contributed by atoms with van der Waals surface area (Å²) in [6.07, 6.45) is 3.92. The molecule has 0 amide bonds. The van der Waals surface area contributed by atoms with Gasteiger partial charge in [0, 0.05) is 35.5 Å².